The number of ether oxygens (including phenoxy) is 5. The second kappa shape index (κ2) is 31.4. The van der Waals surface area contributed by atoms with Crippen LogP contribution in [0.2, 0.25) is 0 Å². The quantitative estimate of drug-likeness (QED) is 0.0264. The molecule has 3 amide bonds. The van der Waals surface area contributed by atoms with Gasteiger partial charge in [-0.3, -0.25) is 19.3 Å². The number of nitrogens with one attached hydrogen (secondary N) is 1. The fourth-order valence-electron chi connectivity index (χ4n) is 9.44. The number of allylic oxidation sites excluding steroid dienone is 1. The topological polar surface area (TPSA) is 147 Å². The minimum absolute atomic E-state index is 0.00117. The Morgan fingerprint density at radius 2 is 1.28 bits per heavy atom. The van der Waals surface area contributed by atoms with Crippen LogP contribution < -0.4 is 24.3 Å². The van der Waals surface area contributed by atoms with Crippen molar-refractivity contribution >= 4 is 30.2 Å². The van der Waals surface area contributed by atoms with Gasteiger partial charge in [0.1, 0.15) is 23.0 Å². The number of benzene rings is 2. The lowest BCUT2D eigenvalue weighted by Gasteiger charge is -2.34. The van der Waals surface area contributed by atoms with Crippen LogP contribution in [0.15, 0.2) is 54.6 Å². The van der Waals surface area contributed by atoms with Gasteiger partial charge in [-0.1, -0.05) is 65.9 Å². The maximum Gasteiger partial charge on any atom is 0.330 e. The number of carbonyl (C=O) groups is 5. The van der Waals surface area contributed by atoms with Crippen molar-refractivity contribution in [2.75, 3.05) is 26.4 Å². The number of esters is 2. The highest BCUT2D eigenvalue weighted by atomic mass is 16.5. The molecule has 1 N–H and O–H groups in total. The standard InChI is InChI=1S/C57H86N2O10/c1-8-10-16-42(5)18-33-54(61)66-35-15-13-12-14-34-65-50-27-29-51(30-28-50)69-56(63)48-25-21-46(22-26-48)40-68-53-32-31-52(37-49(53)38-60)67-39-45-19-23-47(24-20-45)55(62)59(41(3)4)57(64)58-44(7)36-43(6)17-11-9-2/h18,27-33,37-38,41-48H,8-17,19-26,34-36,39-40H2,1-7H3,(H,58,64)/b33-18+. The summed E-state index contributed by atoms with van der Waals surface area (Å²) in [6.45, 7) is 16.4. The molecule has 0 saturated heterocycles. The van der Waals surface area contributed by atoms with Crippen LogP contribution in [0.25, 0.3) is 0 Å². The van der Waals surface area contributed by atoms with Gasteiger partial charge >= 0.3 is 18.0 Å². The van der Waals surface area contributed by atoms with Crippen LogP contribution in [-0.2, 0) is 19.1 Å². The molecule has 2 aliphatic rings. The Balaban J connectivity index is 1.08. The number of unbranched alkanes of at least 4 members (excludes halogenated alkanes) is 5. The van der Waals surface area contributed by atoms with Gasteiger partial charge in [0.25, 0.3) is 0 Å². The highest BCUT2D eigenvalue weighted by Crippen LogP contribution is 2.34. The second-order valence-electron chi connectivity index (χ2n) is 20.3. The van der Waals surface area contributed by atoms with Crippen molar-refractivity contribution in [2.24, 2.45) is 35.5 Å². The van der Waals surface area contributed by atoms with E-state index in [4.69, 9.17) is 23.7 Å². The first-order valence-corrected chi connectivity index (χ1v) is 26.6. The number of urea groups is 1. The molecule has 2 fully saturated rings. The molecule has 3 atom stereocenters. The summed E-state index contributed by atoms with van der Waals surface area (Å²) in [5.41, 5.74) is 0.426. The summed E-state index contributed by atoms with van der Waals surface area (Å²) in [5, 5.41) is 3.09. The molecule has 0 aliphatic heterocycles. The van der Waals surface area contributed by atoms with E-state index in [1.54, 1.807) is 30.3 Å². The molecule has 12 heteroatoms. The number of imide groups is 1. The number of carbonyl (C=O) groups excluding carboxylic acids is 5. The summed E-state index contributed by atoms with van der Waals surface area (Å²) >= 11 is 0. The van der Waals surface area contributed by atoms with Crippen molar-refractivity contribution in [3.8, 4) is 23.0 Å². The zero-order chi connectivity index (χ0) is 50.0. The lowest BCUT2D eigenvalue weighted by molar-refractivity contribution is -0.140. The molecule has 0 heterocycles. The number of hydrogen-bond donors (Lipinski definition) is 1. The van der Waals surface area contributed by atoms with Gasteiger partial charge in [-0.2, -0.15) is 0 Å². The normalized spacial score (nSPS) is 19.5. The first kappa shape index (κ1) is 56.7. The van der Waals surface area contributed by atoms with Crippen LogP contribution in [0.1, 0.15) is 181 Å². The molecule has 384 valence electrons. The van der Waals surface area contributed by atoms with Crippen molar-refractivity contribution in [2.45, 2.75) is 183 Å². The summed E-state index contributed by atoms with van der Waals surface area (Å²) in [4.78, 5) is 65.4. The van der Waals surface area contributed by atoms with E-state index in [2.05, 4.69) is 33.0 Å². The molecule has 0 aromatic heterocycles. The summed E-state index contributed by atoms with van der Waals surface area (Å²) < 4.78 is 29.2. The van der Waals surface area contributed by atoms with Crippen LogP contribution in [0.3, 0.4) is 0 Å². The van der Waals surface area contributed by atoms with Crippen molar-refractivity contribution in [1.29, 1.82) is 0 Å². The fourth-order valence-corrected chi connectivity index (χ4v) is 9.44. The molecule has 0 spiro atoms. The van der Waals surface area contributed by atoms with Gasteiger partial charge in [-0.05, 0) is 177 Å². The number of aldehydes is 1. The number of amides is 3. The lowest BCUT2D eigenvalue weighted by atomic mass is 9.81. The smallest absolute Gasteiger partial charge is 0.330 e. The van der Waals surface area contributed by atoms with Crippen LogP contribution in [-0.4, -0.2) is 73.6 Å². The van der Waals surface area contributed by atoms with Gasteiger partial charge in [-0.25, -0.2) is 9.59 Å². The lowest BCUT2D eigenvalue weighted by Crippen LogP contribution is -2.52. The van der Waals surface area contributed by atoms with Crippen molar-refractivity contribution in [3.05, 3.63) is 60.2 Å². The van der Waals surface area contributed by atoms with Crippen molar-refractivity contribution in [1.82, 2.24) is 10.2 Å². The maximum atomic E-state index is 13.6. The zero-order valence-electron chi connectivity index (χ0n) is 43.2. The molecule has 0 radical (unpaired) electrons. The first-order valence-electron chi connectivity index (χ1n) is 26.6. The largest absolute Gasteiger partial charge is 0.494 e. The van der Waals surface area contributed by atoms with Gasteiger partial charge in [-0.15, -0.1) is 0 Å². The van der Waals surface area contributed by atoms with E-state index >= 15 is 0 Å². The minimum Gasteiger partial charge on any atom is -0.494 e. The molecule has 2 aromatic carbocycles. The molecule has 2 aliphatic carbocycles. The molecule has 2 saturated carbocycles. The van der Waals surface area contributed by atoms with Crippen LogP contribution in [0.5, 0.6) is 23.0 Å². The molecule has 4 rings (SSSR count). The van der Waals surface area contributed by atoms with E-state index in [1.807, 2.05) is 45.0 Å². The average Bonchev–Trinajstić information content (AvgIpc) is 3.34. The van der Waals surface area contributed by atoms with E-state index in [0.29, 0.717) is 86.8 Å². The minimum atomic E-state index is -0.297. The van der Waals surface area contributed by atoms with Gasteiger partial charge in [0.2, 0.25) is 5.91 Å². The third-order valence-electron chi connectivity index (χ3n) is 13.8. The molecule has 69 heavy (non-hydrogen) atoms. The molecule has 2 aromatic rings. The van der Waals surface area contributed by atoms with Gasteiger partial charge in [0, 0.05) is 24.1 Å². The number of hydrogen-bond acceptors (Lipinski definition) is 10. The summed E-state index contributed by atoms with van der Waals surface area (Å²) in [7, 11) is 0. The third-order valence-corrected chi connectivity index (χ3v) is 13.8. The van der Waals surface area contributed by atoms with Crippen LogP contribution in [0.4, 0.5) is 4.79 Å². The highest BCUT2D eigenvalue weighted by molar-refractivity contribution is 5.96. The van der Waals surface area contributed by atoms with Crippen LogP contribution in [0, 0.1) is 35.5 Å². The summed E-state index contributed by atoms with van der Waals surface area (Å²) in [6.07, 6.45) is 21.8. The Labute approximate surface area is 414 Å². The monoisotopic (exact) mass is 959 g/mol. The number of nitrogens with zero attached hydrogens (tertiary/aromatic N) is 1. The van der Waals surface area contributed by atoms with E-state index in [1.165, 1.54) is 11.3 Å². The second-order valence-corrected chi connectivity index (χ2v) is 20.3. The van der Waals surface area contributed by atoms with E-state index in [9.17, 15) is 24.0 Å². The average molecular weight is 959 g/mol. The van der Waals surface area contributed by atoms with Crippen molar-refractivity contribution in [3.63, 3.8) is 0 Å². The highest BCUT2D eigenvalue weighted by Gasteiger charge is 2.35. The molecule has 12 nitrogen and oxygen atoms in total. The fraction of sp³-hybridized carbons (Fsp3) is 0.667. The molecular weight excluding hydrogens is 873 g/mol. The van der Waals surface area contributed by atoms with E-state index in [-0.39, 0.29) is 59.6 Å². The van der Waals surface area contributed by atoms with Crippen molar-refractivity contribution < 1.29 is 47.7 Å². The Bertz CT molecular complexity index is 1860. The number of rotatable bonds is 30. The summed E-state index contributed by atoms with van der Waals surface area (Å²) in [5.74, 6) is 2.79. The Kier molecular flexibility index (Phi) is 25.8. The van der Waals surface area contributed by atoms with Gasteiger partial charge in [0.15, 0.2) is 6.29 Å². The Morgan fingerprint density at radius 1 is 0.681 bits per heavy atom. The molecule has 0 bridgehead atoms. The zero-order valence-corrected chi connectivity index (χ0v) is 43.2. The molecule has 3 unspecified atom stereocenters. The Hall–Kier alpha value is -4.87. The summed E-state index contributed by atoms with van der Waals surface area (Å²) in [6, 6.07) is 12.0. The predicted octanol–water partition coefficient (Wildman–Crippen LogP) is 12.9. The SMILES string of the molecule is CCCCC(C)/C=C/C(=O)OCCCCCCOc1ccc(OC(=O)C2CCC(COc3ccc(OCC4CCC(C(=O)N(C(=O)NC(C)CC(C)CCCC)C(C)C)CC4)cc3C=O)CC2)cc1. The maximum absolute atomic E-state index is 13.6. The first-order chi connectivity index (χ1) is 33.3. The molecular formula is C57H86N2O10. The van der Waals surface area contributed by atoms with Gasteiger partial charge in [0.05, 0.1) is 37.9 Å². The predicted molar refractivity (Wildman–Crippen MR) is 272 cm³/mol. The van der Waals surface area contributed by atoms with E-state index in [0.717, 1.165) is 102 Å². The Morgan fingerprint density at radius 3 is 1.91 bits per heavy atom. The van der Waals surface area contributed by atoms with Crippen LogP contribution >= 0.6 is 0 Å². The third kappa shape index (κ3) is 20.9. The van der Waals surface area contributed by atoms with Gasteiger partial charge < -0.3 is 29.0 Å². The van der Waals surface area contributed by atoms with E-state index < -0.39 is 0 Å².